The molecule has 15 heavy (non-hydrogen) atoms. The van der Waals surface area contributed by atoms with Crippen molar-refractivity contribution in [2.75, 3.05) is 37.5 Å². The third-order valence-corrected chi connectivity index (χ3v) is 2.16. The maximum atomic E-state index is 5.53. The molecule has 0 bridgehead atoms. The van der Waals surface area contributed by atoms with Crippen molar-refractivity contribution in [3.63, 3.8) is 0 Å². The van der Waals surface area contributed by atoms with Gasteiger partial charge in [0.15, 0.2) is 0 Å². The highest BCUT2D eigenvalue weighted by molar-refractivity contribution is 5.85. The minimum atomic E-state index is 0. The lowest BCUT2D eigenvalue weighted by Gasteiger charge is -2.21. The molecule has 1 aliphatic rings. The van der Waals surface area contributed by atoms with Crippen LogP contribution in [0.15, 0.2) is 18.2 Å². The Morgan fingerprint density at radius 1 is 1.27 bits per heavy atom. The van der Waals surface area contributed by atoms with Crippen LogP contribution in [0, 0.1) is 0 Å². The summed E-state index contributed by atoms with van der Waals surface area (Å²) in [6.45, 7) is 1.65. The summed E-state index contributed by atoms with van der Waals surface area (Å²) in [6.07, 6.45) is 0. The van der Waals surface area contributed by atoms with Gasteiger partial charge in [0.05, 0.1) is 5.69 Å². The van der Waals surface area contributed by atoms with Gasteiger partial charge in [0.25, 0.3) is 0 Å². The van der Waals surface area contributed by atoms with E-state index in [1.807, 2.05) is 14.1 Å². The van der Waals surface area contributed by atoms with Crippen LogP contribution in [0.3, 0.4) is 0 Å². The molecule has 0 amide bonds. The highest BCUT2D eigenvalue weighted by atomic mass is 35.5. The van der Waals surface area contributed by atoms with Gasteiger partial charge in [-0.25, -0.2) is 0 Å². The molecule has 0 atom stereocenters. The molecule has 1 aromatic carbocycles. The van der Waals surface area contributed by atoms with E-state index in [2.05, 4.69) is 28.4 Å². The van der Waals surface area contributed by atoms with Crippen molar-refractivity contribution in [1.29, 1.82) is 0 Å². The van der Waals surface area contributed by atoms with Crippen LogP contribution in [-0.4, -0.2) is 27.2 Å². The Bertz CT molecular complexity index is 318. The van der Waals surface area contributed by atoms with Gasteiger partial charge in [-0.1, -0.05) is 0 Å². The molecular weight excluding hydrogens is 235 g/mol. The van der Waals surface area contributed by atoms with E-state index >= 15 is 0 Å². The fourth-order valence-electron chi connectivity index (χ4n) is 1.40. The molecule has 0 aromatic heterocycles. The first-order chi connectivity index (χ1) is 6.27. The maximum Gasteiger partial charge on any atom is 0.144 e. The van der Waals surface area contributed by atoms with Crippen molar-refractivity contribution in [3.8, 4) is 5.75 Å². The summed E-state index contributed by atoms with van der Waals surface area (Å²) in [4.78, 5) is 2.07. The average molecular weight is 251 g/mol. The quantitative estimate of drug-likeness (QED) is 0.829. The summed E-state index contributed by atoms with van der Waals surface area (Å²) in [5.41, 5.74) is 2.26. The Morgan fingerprint density at radius 3 is 2.67 bits per heavy atom. The molecule has 0 radical (unpaired) electrons. The summed E-state index contributed by atoms with van der Waals surface area (Å²) in [6, 6.07) is 6.20. The minimum absolute atomic E-state index is 0. The summed E-state index contributed by atoms with van der Waals surface area (Å²) >= 11 is 0. The highest BCUT2D eigenvalue weighted by Crippen LogP contribution is 2.30. The predicted octanol–water partition coefficient (Wildman–Crippen LogP) is 2.40. The minimum Gasteiger partial charge on any atom is -0.490 e. The van der Waals surface area contributed by atoms with Gasteiger partial charge in [-0.15, -0.1) is 24.8 Å². The number of halogens is 2. The zero-order valence-electron chi connectivity index (χ0n) is 8.82. The fraction of sp³-hybridized carbons (Fsp3) is 0.400. The lowest BCUT2D eigenvalue weighted by Crippen LogP contribution is -2.18. The molecule has 1 heterocycles. The van der Waals surface area contributed by atoms with Crippen molar-refractivity contribution < 1.29 is 4.74 Å². The molecule has 0 fully saturated rings. The lowest BCUT2D eigenvalue weighted by atomic mass is 10.2. The van der Waals surface area contributed by atoms with Gasteiger partial charge in [-0.05, 0) is 12.1 Å². The van der Waals surface area contributed by atoms with Crippen LogP contribution in [0.1, 0.15) is 0 Å². The smallest absolute Gasteiger partial charge is 0.144 e. The number of hydrogen-bond acceptors (Lipinski definition) is 3. The van der Waals surface area contributed by atoms with Gasteiger partial charge in [-0.2, -0.15) is 0 Å². The first-order valence-electron chi connectivity index (χ1n) is 4.45. The average Bonchev–Trinajstić information content (AvgIpc) is 2.17. The molecule has 0 saturated heterocycles. The number of anilines is 2. The largest absolute Gasteiger partial charge is 0.490 e. The Labute approximate surface area is 103 Å². The molecule has 1 N–H and O–H groups in total. The number of rotatable bonds is 1. The molecule has 3 nitrogen and oxygen atoms in total. The van der Waals surface area contributed by atoms with Crippen LogP contribution in [-0.2, 0) is 0 Å². The van der Waals surface area contributed by atoms with Crippen molar-refractivity contribution in [1.82, 2.24) is 0 Å². The second kappa shape index (κ2) is 5.93. The molecule has 0 spiro atoms. The summed E-state index contributed by atoms with van der Waals surface area (Å²) in [5.74, 6) is 0.956. The molecule has 0 saturated carbocycles. The SMILES string of the molecule is CN(C)c1ccc2c(c1)OCCN2.Cl.Cl. The first kappa shape index (κ1) is 14.2. The van der Waals surface area contributed by atoms with Crippen molar-refractivity contribution in [2.24, 2.45) is 0 Å². The Hall–Kier alpha value is -0.800. The third-order valence-electron chi connectivity index (χ3n) is 2.16. The number of hydrogen-bond donors (Lipinski definition) is 1. The van der Waals surface area contributed by atoms with Crippen molar-refractivity contribution in [3.05, 3.63) is 18.2 Å². The third kappa shape index (κ3) is 3.08. The van der Waals surface area contributed by atoms with Crippen LogP contribution in [0.25, 0.3) is 0 Å². The lowest BCUT2D eigenvalue weighted by molar-refractivity contribution is 0.323. The van der Waals surface area contributed by atoms with Crippen LogP contribution in [0.5, 0.6) is 5.75 Å². The Morgan fingerprint density at radius 2 is 2.00 bits per heavy atom. The van der Waals surface area contributed by atoms with E-state index in [1.165, 1.54) is 5.69 Å². The summed E-state index contributed by atoms with van der Waals surface area (Å²) < 4.78 is 5.53. The number of benzene rings is 1. The van der Waals surface area contributed by atoms with E-state index in [9.17, 15) is 0 Å². The van der Waals surface area contributed by atoms with Gasteiger partial charge in [0.2, 0.25) is 0 Å². The molecule has 2 rings (SSSR count). The van der Waals surface area contributed by atoms with Crippen LogP contribution >= 0.6 is 24.8 Å². The van der Waals surface area contributed by atoms with Crippen molar-refractivity contribution in [2.45, 2.75) is 0 Å². The molecule has 0 aliphatic carbocycles. The molecule has 5 heteroatoms. The van der Waals surface area contributed by atoms with Crippen LogP contribution < -0.4 is 15.0 Å². The zero-order chi connectivity index (χ0) is 9.26. The Balaban J connectivity index is 0.000000980. The van der Waals surface area contributed by atoms with E-state index in [-0.39, 0.29) is 24.8 Å². The Kier molecular flexibility index (Phi) is 5.61. The summed E-state index contributed by atoms with van der Waals surface area (Å²) in [7, 11) is 4.05. The topological polar surface area (TPSA) is 24.5 Å². The van der Waals surface area contributed by atoms with Crippen LogP contribution in [0.4, 0.5) is 11.4 Å². The predicted molar refractivity (Wildman–Crippen MR) is 69.2 cm³/mol. The monoisotopic (exact) mass is 250 g/mol. The van der Waals surface area contributed by atoms with Gasteiger partial charge in [-0.3, -0.25) is 0 Å². The second-order valence-electron chi connectivity index (χ2n) is 3.35. The van der Waals surface area contributed by atoms with E-state index < -0.39 is 0 Å². The normalized spacial score (nSPS) is 12.1. The molecule has 1 aromatic rings. The maximum absolute atomic E-state index is 5.53. The highest BCUT2D eigenvalue weighted by Gasteiger charge is 2.09. The van der Waals surface area contributed by atoms with Gasteiger partial charge in [0, 0.05) is 32.4 Å². The number of fused-ring (bicyclic) bond motifs is 1. The van der Waals surface area contributed by atoms with E-state index in [0.29, 0.717) is 0 Å². The fourth-order valence-corrected chi connectivity index (χ4v) is 1.40. The summed E-state index contributed by atoms with van der Waals surface area (Å²) in [5, 5.41) is 3.29. The molecule has 0 unspecified atom stereocenters. The molecule has 86 valence electrons. The van der Waals surface area contributed by atoms with E-state index in [4.69, 9.17) is 4.74 Å². The zero-order valence-corrected chi connectivity index (χ0v) is 10.5. The number of ether oxygens (including phenoxy) is 1. The van der Waals surface area contributed by atoms with Gasteiger partial charge in [0.1, 0.15) is 12.4 Å². The second-order valence-corrected chi connectivity index (χ2v) is 3.35. The van der Waals surface area contributed by atoms with Gasteiger partial charge >= 0.3 is 0 Å². The van der Waals surface area contributed by atoms with Crippen molar-refractivity contribution >= 4 is 36.2 Å². The van der Waals surface area contributed by atoms with Crippen LogP contribution in [0.2, 0.25) is 0 Å². The first-order valence-corrected chi connectivity index (χ1v) is 4.45. The standard InChI is InChI=1S/C10H14N2O.2ClH/c1-12(2)8-3-4-9-10(7-8)13-6-5-11-9;;/h3-4,7,11H,5-6H2,1-2H3;2*1H. The number of nitrogens with zero attached hydrogens (tertiary/aromatic N) is 1. The van der Waals surface area contributed by atoms with Gasteiger partial charge < -0.3 is 15.0 Å². The van der Waals surface area contributed by atoms with E-state index in [1.54, 1.807) is 0 Å². The molecular formula is C10H16Cl2N2O. The van der Waals surface area contributed by atoms with E-state index in [0.717, 1.165) is 24.6 Å². The number of nitrogens with one attached hydrogen (secondary N) is 1. The molecule has 1 aliphatic heterocycles.